The number of aliphatic carboxylic acids is 1. The van der Waals surface area contributed by atoms with E-state index in [0.717, 1.165) is 6.54 Å². The second kappa shape index (κ2) is 6.37. The first-order valence-electron chi connectivity index (χ1n) is 7.17. The molecule has 0 aliphatic carbocycles. The lowest BCUT2D eigenvalue weighted by molar-refractivity contribution is -0.157. The van der Waals surface area contributed by atoms with Gasteiger partial charge < -0.3 is 9.84 Å². The maximum absolute atomic E-state index is 11.0. The fourth-order valence-electron chi connectivity index (χ4n) is 2.54. The summed E-state index contributed by atoms with van der Waals surface area (Å²) in [6.07, 6.45) is -0.707. The van der Waals surface area contributed by atoms with Crippen molar-refractivity contribution in [3.63, 3.8) is 0 Å². The Bertz CT molecular complexity index is 455. The summed E-state index contributed by atoms with van der Waals surface area (Å²) < 4.78 is 5.27. The molecule has 0 saturated carbocycles. The SMILES string of the molecule is CC(C)c1ccc(C(C)N2CCOC(C(=O)O)C2)cc1. The van der Waals surface area contributed by atoms with Gasteiger partial charge in [0.1, 0.15) is 0 Å². The van der Waals surface area contributed by atoms with Crippen LogP contribution < -0.4 is 0 Å². The zero-order valence-electron chi connectivity index (χ0n) is 12.4. The zero-order valence-corrected chi connectivity index (χ0v) is 12.4. The van der Waals surface area contributed by atoms with Crippen LogP contribution >= 0.6 is 0 Å². The first-order valence-corrected chi connectivity index (χ1v) is 7.17. The Kier molecular flexibility index (Phi) is 4.78. The third kappa shape index (κ3) is 3.38. The molecule has 1 aliphatic rings. The van der Waals surface area contributed by atoms with E-state index in [1.807, 2.05) is 0 Å². The molecule has 0 radical (unpaired) electrons. The van der Waals surface area contributed by atoms with Crippen molar-refractivity contribution >= 4 is 5.97 Å². The highest BCUT2D eigenvalue weighted by atomic mass is 16.5. The molecule has 1 fully saturated rings. The van der Waals surface area contributed by atoms with Crippen LogP contribution in [0, 0.1) is 0 Å². The second-order valence-corrected chi connectivity index (χ2v) is 5.69. The number of rotatable bonds is 4. The molecular formula is C16H23NO3. The van der Waals surface area contributed by atoms with Gasteiger partial charge in [-0.05, 0) is 24.0 Å². The Hall–Kier alpha value is -1.39. The highest BCUT2D eigenvalue weighted by Crippen LogP contribution is 2.24. The number of ether oxygens (including phenoxy) is 1. The van der Waals surface area contributed by atoms with Crippen LogP contribution in [-0.2, 0) is 9.53 Å². The summed E-state index contributed by atoms with van der Waals surface area (Å²) >= 11 is 0. The Morgan fingerprint density at radius 1 is 1.25 bits per heavy atom. The van der Waals surface area contributed by atoms with E-state index < -0.39 is 12.1 Å². The topological polar surface area (TPSA) is 49.8 Å². The molecule has 0 bridgehead atoms. The molecule has 2 atom stereocenters. The van der Waals surface area contributed by atoms with Gasteiger partial charge in [-0.25, -0.2) is 4.79 Å². The van der Waals surface area contributed by atoms with Gasteiger partial charge in [-0.15, -0.1) is 0 Å². The summed E-state index contributed by atoms with van der Waals surface area (Å²) in [5, 5.41) is 9.05. The minimum absolute atomic E-state index is 0.210. The summed E-state index contributed by atoms with van der Waals surface area (Å²) in [7, 11) is 0. The molecule has 110 valence electrons. The molecule has 1 saturated heterocycles. The molecule has 4 heteroatoms. The number of carboxylic acid groups (broad SMARTS) is 1. The molecule has 20 heavy (non-hydrogen) atoms. The monoisotopic (exact) mass is 277 g/mol. The first kappa shape index (κ1) is 15.0. The molecular weight excluding hydrogens is 254 g/mol. The number of morpholine rings is 1. The molecule has 0 aromatic heterocycles. The fraction of sp³-hybridized carbons (Fsp3) is 0.562. The van der Waals surface area contributed by atoms with Gasteiger partial charge >= 0.3 is 5.97 Å². The minimum atomic E-state index is -0.878. The van der Waals surface area contributed by atoms with Crippen molar-refractivity contribution in [2.75, 3.05) is 19.7 Å². The van der Waals surface area contributed by atoms with E-state index in [0.29, 0.717) is 19.1 Å². The summed E-state index contributed by atoms with van der Waals surface area (Å²) in [5.41, 5.74) is 2.55. The third-order valence-electron chi connectivity index (χ3n) is 4.01. The van der Waals surface area contributed by atoms with Crippen LogP contribution in [-0.4, -0.2) is 41.8 Å². The largest absolute Gasteiger partial charge is 0.479 e. The third-order valence-corrected chi connectivity index (χ3v) is 4.01. The maximum atomic E-state index is 11.0. The lowest BCUT2D eigenvalue weighted by Gasteiger charge is -2.35. The number of carboxylic acids is 1. The van der Waals surface area contributed by atoms with Gasteiger partial charge in [-0.2, -0.15) is 0 Å². The minimum Gasteiger partial charge on any atom is -0.479 e. The second-order valence-electron chi connectivity index (χ2n) is 5.69. The van der Waals surface area contributed by atoms with E-state index in [4.69, 9.17) is 9.84 Å². The number of hydrogen-bond acceptors (Lipinski definition) is 3. The highest BCUT2D eigenvalue weighted by Gasteiger charge is 2.29. The summed E-state index contributed by atoms with van der Waals surface area (Å²) in [4.78, 5) is 13.2. The Labute approximate surface area is 120 Å². The van der Waals surface area contributed by atoms with Gasteiger partial charge in [-0.3, -0.25) is 4.90 Å². The number of benzene rings is 1. The predicted molar refractivity (Wildman–Crippen MR) is 77.9 cm³/mol. The van der Waals surface area contributed by atoms with Gasteiger partial charge in [0.2, 0.25) is 0 Å². The molecule has 0 amide bonds. The first-order chi connectivity index (χ1) is 9.49. The van der Waals surface area contributed by atoms with Crippen LogP contribution in [0.5, 0.6) is 0 Å². The number of nitrogens with zero attached hydrogens (tertiary/aromatic N) is 1. The van der Waals surface area contributed by atoms with Crippen molar-refractivity contribution in [2.24, 2.45) is 0 Å². The molecule has 4 nitrogen and oxygen atoms in total. The van der Waals surface area contributed by atoms with E-state index >= 15 is 0 Å². The lowest BCUT2D eigenvalue weighted by Crippen LogP contribution is -2.46. The summed E-state index contributed by atoms with van der Waals surface area (Å²) in [5.74, 6) is -0.351. The van der Waals surface area contributed by atoms with E-state index in [9.17, 15) is 4.79 Å². The van der Waals surface area contributed by atoms with E-state index in [2.05, 4.69) is 49.9 Å². The lowest BCUT2D eigenvalue weighted by atomic mass is 9.99. The van der Waals surface area contributed by atoms with Crippen LogP contribution in [0.3, 0.4) is 0 Å². The van der Waals surface area contributed by atoms with Gasteiger partial charge in [0, 0.05) is 19.1 Å². The van der Waals surface area contributed by atoms with Gasteiger partial charge in [0.05, 0.1) is 6.61 Å². The average molecular weight is 277 g/mol. The van der Waals surface area contributed by atoms with Crippen LogP contribution in [0.25, 0.3) is 0 Å². The predicted octanol–water partition coefficient (Wildman–Crippen LogP) is 2.66. The van der Waals surface area contributed by atoms with E-state index in [-0.39, 0.29) is 6.04 Å². The van der Waals surface area contributed by atoms with Crippen molar-refractivity contribution in [3.8, 4) is 0 Å². The standard InChI is InChI=1S/C16H23NO3/c1-11(2)13-4-6-14(7-5-13)12(3)17-8-9-20-15(10-17)16(18)19/h4-7,11-12,15H,8-10H2,1-3H3,(H,18,19). The molecule has 1 aromatic rings. The van der Waals surface area contributed by atoms with E-state index in [1.54, 1.807) is 0 Å². The quantitative estimate of drug-likeness (QED) is 0.919. The van der Waals surface area contributed by atoms with Crippen LogP contribution in [0.4, 0.5) is 0 Å². The van der Waals surface area contributed by atoms with Crippen LogP contribution in [0.15, 0.2) is 24.3 Å². The maximum Gasteiger partial charge on any atom is 0.334 e. The summed E-state index contributed by atoms with van der Waals surface area (Å²) in [6, 6.07) is 8.82. The van der Waals surface area contributed by atoms with Crippen molar-refractivity contribution in [1.29, 1.82) is 0 Å². The van der Waals surface area contributed by atoms with Crippen LogP contribution in [0.2, 0.25) is 0 Å². The fourth-order valence-corrected chi connectivity index (χ4v) is 2.54. The Balaban J connectivity index is 2.06. The normalized spacial score (nSPS) is 21.9. The number of carbonyl (C=O) groups is 1. The molecule has 2 unspecified atom stereocenters. The highest BCUT2D eigenvalue weighted by molar-refractivity contribution is 5.72. The van der Waals surface area contributed by atoms with E-state index in [1.165, 1.54) is 11.1 Å². The number of hydrogen-bond donors (Lipinski definition) is 1. The van der Waals surface area contributed by atoms with Crippen molar-refractivity contribution < 1.29 is 14.6 Å². The summed E-state index contributed by atoms with van der Waals surface area (Å²) in [6.45, 7) is 8.18. The molecule has 1 aliphatic heterocycles. The van der Waals surface area contributed by atoms with Crippen molar-refractivity contribution in [2.45, 2.75) is 38.8 Å². The molecule has 0 spiro atoms. The van der Waals surface area contributed by atoms with Gasteiger partial charge in [-0.1, -0.05) is 38.1 Å². The Morgan fingerprint density at radius 2 is 1.85 bits per heavy atom. The molecule has 1 aromatic carbocycles. The van der Waals surface area contributed by atoms with Gasteiger partial charge in [0.25, 0.3) is 0 Å². The average Bonchev–Trinajstić information content (AvgIpc) is 2.46. The smallest absolute Gasteiger partial charge is 0.334 e. The van der Waals surface area contributed by atoms with Gasteiger partial charge in [0.15, 0.2) is 6.10 Å². The molecule has 1 heterocycles. The van der Waals surface area contributed by atoms with Crippen LogP contribution in [0.1, 0.15) is 43.9 Å². The Morgan fingerprint density at radius 3 is 2.40 bits per heavy atom. The molecule has 1 N–H and O–H groups in total. The van der Waals surface area contributed by atoms with Crippen molar-refractivity contribution in [1.82, 2.24) is 4.90 Å². The molecule has 2 rings (SSSR count). The van der Waals surface area contributed by atoms with Crippen molar-refractivity contribution in [3.05, 3.63) is 35.4 Å². The zero-order chi connectivity index (χ0) is 14.7.